The van der Waals surface area contributed by atoms with Gasteiger partial charge in [-0.25, -0.2) is 13.8 Å². The first kappa shape index (κ1) is 22.4. The Morgan fingerprint density at radius 2 is 1.66 bits per heavy atom. The van der Waals surface area contributed by atoms with Gasteiger partial charge in [0.15, 0.2) is 11.6 Å². The van der Waals surface area contributed by atoms with E-state index in [0.717, 1.165) is 37.2 Å². The van der Waals surface area contributed by atoms with Gasteiger partial charge in [-0.1, -0.05) is 0 Å². The number of nitrogens with zero attached hydrogens (tertiary/aromatic N) is 3. The third-order valence-electron chi connectivity index (χ3n) is 7.96. The molecule has 0 bridgehead atoms. The molecule has 0 N–H and O–H groups in total. The molecule has 0 amide bonds. The fourth-order valence-electron chi connectivity index (χ4n) is 5.35. The third-order valence-corrected chi connectivity index (χ3v) is 7.96. The molecule has 5 rings (SSSR count). The summed E-state index contributed by atoms with van der Waals surface area (Å²) in [6.07, 6.45) is 3.75. The van der Waals surface area contributed by atoms with Gasteiger partial charge in [0.05, 0.1) is 11.2 Å². The van der Waals surface area contributed by atoms with E-state index in [4.69, 9.17) is 19.0 Å². The minimum Gasteiger partial charge on any atom is -0.486 e. The van der Waals surface area contributed by atoms with Gasteiger partial charge in [0.25, 0.3) is 0 Å². The van der Waals surface area contributed by atoms with Crippen LogP contribution in [0.1, 0.15) is 53.4 Å². The summed E-state index contributed by atoms with van der Waals surface area (Å²) in [6.45, 7) is 11.3. The molecular formula is C23H34BF2N3O3. The van der Waals surface area contributed by atoms with E-state index in [-0.39, 0.29) is 24.4 Å². The largest absolute Gasteiger partial charge is 0.496 e. The zero-order valence-corrected chi connectivity index (χ0v) is 19.8. The molecule has 4 heterocycles. The van der Waals surface area contributed by atoms with Crippen LogP contribution in [0.3, 0.4) is 0 Å². The van der Waals surface area contributed by atoms with Gasteiger partial charge in [0.2, 0.25) is 5.92 Å². The summed E-state index contributed by atoms with van der Waals surface area (Å²) in [6, 6.07) is 1.98. The number of anilines is 1. The van der Waals surface area contributed by atoms with E-state index in [9.17, 15) is 8.78 Å². The molecule has 3 saturated heterocycles. The number of pyridine rings is 1. The zero-order valence-electron chi connectivity index (χ0n) is 19.8. The zero-order chi connectivity index (χ0) is 22.9. The van der Waals surface area contributed by atoms with Crippen LogP contribution in [-0.4, -0.2) is 73.5 Å². The predicted octanol–water partition coefficient (Wildman–Crippen LogP) is 3.09. The van der Waals surface area contributed by atoms with Crippen LogP contribution in [0.5, 0.6) is 5.75 Å². The number of hydrogen-bond donors (Lipinski definition) is 0. The van der Waals surface area contributed by atoms with Crippen molar-refractivity contribution in [3.05, 3.63) is 12.3 Å². The number of halogens is 2. The Hall–Kier alpha value is -1.45. The Morgan fingerprint density at radius 1 is 1.06 bits per heavy atom. The summed E-state index contributed by atoms with van der Waals surface area (Å²) < 4.78 is 45.8. The van der Waals surface area contributed by atoms with Crippen molar-refractivity contribution in [2.75, 3.05) is 38.1 Å². The van der Waals surface area contributed by atoms with Crippen molar-refractivity contribution in [3.63, 3.8) is 0 Å². The van der Waals surface area contributed by atoms with Crippen LogP contribution in [0, 0.1) is 5.41 Å². The van der Waals surface area contributed by atoms with Crippen LogP contribution in [0.4, 0.5) is 14.6 Å². The minimum atomic E-state index is -2.51. The highest BCUT2D eigenvalue weighted by Gasteiger charge is 2.62. The number of ether oxygens (including phenoxy) is 1. The lowest BCUT2D eigenvalue weighted by Crippen LogP contribution is -2.66. The lowest BCUT2D eigenvalue weighted by atomic mass is 9.61. The first-order valence-electron chi connectivity index (χ1n) is 11.7. The highest BCUT2D eigenvalue weighted by atomic mass is 19.3. The molecule has 9 heteroatoms. The van der Waals surface area contributed by atoms with Crippen molar-refractivity contribution >= 4 is 18.4 Å². The summed E-state index contributed by atoms with van der Waals surface area (Å²) in [5.74, 6) is -1.06. The maximum atomic E-state index is 13.5. The summed E-state index contributed by atoms with van der Waals surface area (Å²) in [5.41, 5.74) is -0.323. The SMILES string of the molecule is CN1CCC(Oc2cc(B3OC(C)(C)C(C)(C)O3)cnc2N2CC3(C2)CC(F)(F)C3)CC1. The van der Waals surface area contributed by atoms with Gasteiger partial charge in [-0.05, 0) is 53.7 Å². The molecule has 4 aliphatic rings. The van der Waals surface area contributed by atoms with Crippen molar-refractivity contribution in [2.45, 2.75) is 76.6 Å². The summed E-state index contributed by atoms with van der Waals surface area (Å²) in [5, 5.41) is 0. The monoisotopic (exact) mass is 449 g/mol. The van der Waals surface area contributed by atoms with Gasteiger partial charge in [-0.15, -0.1) is 0 Å². The van der Waals surface area contributed by atoms with E-state index in [1.165, 1.54) is 0 Å². The second-order valence-electron chi connectivity index (χ2n) is 11.4. The molecule has 1 aromatic rings. The van der Waals surface area contributed by atoms with Gasteiger partial charge >= 0.3 is 7.12 Å². The molecule has 3 aliphatic heterocycles. The van der Waals surface area contributed by atoms with Crippen molar-refractivity contribution < 1.29 is 22.8 Å². The average Bonchev–Trinajstić information content (AvgIpc) is 2.87. The first-order valence-corrected chi connectivity index (χ1v) is 11.7. The molecule has 6 nitrogen and oxygen atoms in total. The topological polar surface area (TPSA) is 47.1 Å². The van der Waals surface area contributed by atoms with Crippen LogP contribution in [0.15, 0.2) is 12.3 Å². The molecule has 176 valence electrons. The van der Waals surface area contributed by atoms with Crippen LogP contribution >= 0.6 is 0 Å². The Kier molecular flexibility index (Phi) is 5.08. The van der Waals surface area contributed by atoms with Gasteiger partial charge in [-0.3, -0.25) is 0 Å². The second-order valence-corrected chi connectivity index (χ2v) is 11.4. The van der Waals surface area contributed by atoms with E-state index in [1.807, 2.05) is 33.8 Å². The fraction of sp³-hybridized carbons (Fsp3) is 0.783. The summed E-state index contributed by atoms with van der Waals surface area (Å²) >= 11 is 0. The van der Waals surface area contributed by atoms with Crippen molar-refractivity contribution in [1.29, 1.82) is 0 Å². The maximum absolute atomic E-state index is 13.5. The molecule has 1 saturated carbocycles. The quantitative estimate of drug-likeness (QED) is 0.659. The molecule has 0 atom stereocenters. The standard InChI is InChI=1S/C23H34BF2N3O3/c1-20(2)21(3,4)32-24(31-20)16-10-18(30-17-6-8-28(5)9-7-17)19(27-11-16)29-14-22(15-29)12-23(25,26)13-22/h10-11,17H,6-9,12-15H2,1-5H3. The summed E-state index contributed by atoms with van der Waals surface area (Å²) in [4.78, 5) is 9.10. The molecule has 4 fully saturated rings. The van der Waals surface area contributed by atoms with Crippen molar-refractivity contribution in [1.82, 2.24) is 9.88 Å². The van der Waals surface area contributed by atoms with E-state index in [0.29, 0.717) is 18.8 Å². The molecule has 1 aromatic heterocycles. The van der Waals surface area contributed by atoms with Crippen molar-refractivity contribution in [2.24, 2.45) is 5.41 Å². The van der Waals surface area contributed by atoms with E-state index < -0.39 is 24.2 Å². The van der Waals surface area contributed by atoms with E-state index >= 15 is 0 Å². The van der Waals surface area contributed by atoms with Crippen LogP contribution < -0.4 is 15.1 Å². The molecule has 0 unspecified atom stereocenters. The molecular weight excluding hydrogens is 415 g/mol. The van der Waals surface area contributed by atoms with Gasteiger partial charge < -0.3 is 23.8 Å². The van der Waals surface area contributed by atoms with Crippen LogP contribution in [0.25, 0.3) is 0 Å². The Labute approximate surface area is 189 Å². The fourth-order valence-corrected chi connectivity index (χ4v) is 5.35. The molecule has 32 heavy (non-hydrogen) atoms. The molecule has 1 aliphatic carbocycles. The summed E-state index contributed by atoms with van der Waals surface area (Å²) in [7, 11) is 1.60. The smallest absolute Gasteiger partial charge is 0.486 e. The number of hydrogen-bond acceptors (Lipinski definition) is 6. The van der Waals surface area contributed by atoms with Crippen LogP contribution in [-0.2, 0) is 9.31 Å². The number of aromatic nitrogens is 1. The first-order chi connectivity index (χ1) is 14.9. The highest BCUT2D eigenvalue weighted by molar-refractivity contribution is 6.62. The predicted molar refractivity (Wildman–Crippen MR) is 120 cm³/mol. The number of piperidine rings is 1. The normalized spacial score (nSPS) is 28.5. The number of likely N-dealkylation sites (tertiary alicyclic amines) is 1. The third kappa shape index (κ3) is 3.90. The van der Waals surface area contributed by atoms with Crippen LogP contribution in [0.2, 0.25) is 0 Å². The number of rotatable bonds is 4. The second kappa shape index (κ2) is 7.27. The lowest BCUT2D eigenvalue weighted by Gasteiger charge is -2.59. The average molecular weight is 449 g/mol. The Morgan fingerprint density at radius 3 is 2.22 bits per heavy atom. The molecule has 0 radical (unpaired) electrons. The lowest BCUT2D eigenvalue weighted by molar-refractivity contribution is -0.170. The highest BCUT2D eigenvalue weighted by Crippen LogP contribution is 2.57. The minimum absolute atomic E-state index is 0.0202. The van der Waals surface area contributed by atoms with E-state index in [2.05, 4.69) is 16.8 Å². The molecule has 0 aromatic carbocycles. The van der Waals surface area contributed by atoms with Gasteiger partial charge in [-0.2, -0.15) is 0 Å². The van der Waals surface area contributed by atoms with Crippen molar-refractivity contribution in [3.8, 4) is 5.75 Å². The van der Waals surface area contributed by atoms with Gasteiger partial charge in [0, 0.05) is 56.1 Å². The molecule has 1 spiro atoms. The Bertz CT molecular complexity index is 857. The number of alkyl halides is 2. The maximum Gasteiger partial charge on any atom is 0.496 e. The Balaban J connectivity index is 1.37. The van der Waals surface area contributed by atoms with E-state index in [1.54, 1.807) is 6.20 Å². The van der Waals surface area contributed by atoms with Gasteiger partial charge in [0.1, 0.15) is 6.10 Å².